The van der Waals surface area contributed by atoms with Crippen LogP contribution >= 0.6 is 0 Å². The number of rotatable bonds is 3. The maximum Gasteiger partial charge on any atom is 0.255 e. The molecule has 1 aliphatic carbocycles. The third-order valence-electron chi connectivity index (χ3n) is 6.69. The Morgan fingerprint density at radius 1 is 1.19 bits per heavy atom. The van der Waals surface area contributed by atoms with Crippen LogP contribution in [0, 0.1) is 11.8 Å². The number of amides is 3. The molecule has 2 saturated heterocycles. The molecule has 7 heteroatoms. The van der Waals surface area contributed by atoms with Gasteiger partial charge in [-0.25, -0.2) is 0 Å². The van der Waals surface area contributed by atoms with E-state index in [-0.39, 0.29) is 24.1 Å². The van der Waals surface area contributed by atoms with Gasteiger partial charge in [-0.05, 0) is 41.9 Å². The van der Waals surface area contributed by atoms with Crippen molar-refractivity contribution in [2.75, 3.05) is 13.1 Å². The fourth-order valence-electron chi connectivity index (χ4n) is 5.17. The Morgan fingerprint density at radius 3 is 2.78 bits per heavy atom. The molecule has 7 nitrogen and oxygen atoms in total. The molecule has 4 atom stereocenters. The second-order valence-electron chi connectivity index (χ2n) is 8.41. The molecule has 1 aromatic rings. The molecule has 3 fully saturated rings. The van der Waals surface area contributed by atoms with Crippen LogP contribution < -0.4 is 11.1 Å². The van der Waals surface area contributed by atoms with Crippen LogP contribution in [0.25, 0.3) is 0 Å². The zero-order chi connectivity index (χ0) is 18.7. The highest BCUT2D eigenvalue weighted by atomic mass is 16.2. The number of imide groups is 1. The molecule has 3 heterocycles. The van der Waals surface area contributed by atoms with Crippen molar-refractivity contribution in [3.8, 4) is 0 Å². The first-order chi connectivity index (χ1) is 13.0. The predicted molar refractivity (Wildman–Crippen MR) is 97.3 cm³/mol. The van der Waals surface area contributed by atoms with Gasteiger partial charge >= 0.3 is 0 Å². The van der Waals surface area contributed by atoms with Crippen LogP contribution in [0.15, 0.2) is 18.2 Å². The smallest absolute Gasteiger partial charge is 0.255 e. The van der Waals surface area contributed by atoms with Crippen molar-refractivity contribution in [2.45, 2.75) is 44.4 Å². The quantitative estimate of drug-likeness (QED) is 0.745. The third-order valence-corrected chi connectivity index (χ3v) is 6.69. The number of likely N-dealkylation sites (tertiary alicyclic amines) is 1. The predicted octanol–water partition coefficient (Wildman–Crippen LogP) is 0.227. The molecule has 0 radical (unpaired) electrons. The summed E-state index contributed by atoms with van der Waals surface area (Å²) in [7, 11) is 0. The lowest BCUT2D eigenvalue weighted by atomic mass is 9.72. The standard InChI is InChI=1S/C20H24N4O3/c21-16-6-13-8-23(10-15(13)16)7-11-1-2-14-12(5-11)9-24(20(14)27)17-3-4-18(25)22-19(17)26/h1-2,5,13,15-17H,3-4,6-10,21H2,(H,22,25,26). The first-order valence-corrected chi connectivity index (χ1v) is 9.74. The first-order valence-electron chi connectivity index (χ1n) is 9.74. The van der Waals surface area contributed by atoms with Gasteiger partial charge in [-0.1, -0.05) is 12.1 Å². The Morgan fingerprint density at radius 2 is 2.04 bits per heavy atom. The summed E-state index contributed by atoms with van der Waals surface area (Å²) in [5, 5.41) is 2.34. The Labute approximate surface area is 157 Å². The highest BCUT2D eigenvalue weighted by Crippen LogP contribution is 2.40. The number of benzene rings is 1. The molecule has 0 aromatic heterocycles. The number of carbonyl (C=O) groups excluding carboxylic acids is 3. The lowest BCUT2D eigenvalue weighted by Crippen LogP contribution is -2.52. The van der Waals surface area contributed by atoms with Gasteiger partial charge in [0.15, 0.2) is 0 Å². The maximum atomic E-state index is 12.7. The number of piperidine rings is 1. The van der Waals surface area contributed by atoms with Crippen molar-refractivity contribution in [1.82, 2.24) is 15.1 Å². The number of fused-ring (bicyclic) bond motifs is 2. The van der Waals surface area contributed by atoms with Gasteiger partial charge in [0, 0.05) is 44.2 Å². The summed E-state index contributed by atoms with van der Waals surface area (Å²) >= 11 is 0. The average molecular weight is 368 g/mol. The minimum absolute atomic E-state index is 0.115. The van der Waals surface area contributed by atoms with E-state index >= 15 is 0 Å². The summed E-state index contributed by atoms with van der Waals surface area (Å²) in [6, 6.07) is 5.81. The van der Waals surface area contributed by atoms with Crippen LogP contribution in [-0.4, -0.2) is 52.7 Å². The molecule has 142 valence electrons. The number of hydrogen-bond donors (Lipinski definition) is 2. The average Bonchev–Trinajstić information content (AvgIpc) is 3.12. The monoisotopic (exact) mass is 368 g/mol. The van der Waals surface area contributed by atoms with E-state index in [4.69, 9.17) is 5.73 Å². The van der Waals surface area contributed by atoms with Gasteiger partial charge in [0.25, 0.3) is 5.91 Å². The fourth-order valence-corrected chi connectivity index (χ4v) is 5.17. The van der Waals surface area contributed by atoms with Crippen molar-refractivity contribution in [1.29, 1.82) is 0 Å². The molecule has 4 unspecified atom stereocenters. The maximum absolute atomic E-state index is 12.7. The van der Waals surface area contributed by atoms with E-state index in [2.05, 4.69) is 16.3 Å². The van der Waals surface area contributed by atoms with Crippen molar-refractivity contribution in [2.24, 2.45) is 17.6 Å². The molecule has 3 amide bonds. The molecule has 0 bridgehead atoms. The third kappa shape index (κ3) is 2.76. The van der Waals surface area contributed by atoms with E-state index in [0.29, 0.717) is 30.5 Å². The minimum Gasteiger partial charge on any atom is -0.327 e. The molecular weight excluding hydrogens is 344 g/mol. The molecule has 27 heavy (non-hydrogen) atoms. The molecule has 1 saturated carbocycles. The van der Waals surface area contributed by atoms with Gasteiger partial charge in [-0.2, -0.15) is 0 Å². The number of nitrogens with one attached hydrogen (secondary N) is 1. The summed E-state index contributed by atoms with van der Waals surface area (Å²) in [5.41, 5.74) is 8.93. The Balaban J connectivity index is 1.29. The number of carbonyl (C=O) groups is 3. The molecule has 5 rings (SSSR count). The zero-order valence-corrected chi connectivity index (χ0v) is 15.2. The van der Waals surface area contributed by atoms with Crippen LogP contribution in [-0.2, 0) is 22.7 Å². The molecule has 4 aliphatic rings. The van der Waals surface area contributed by atoms with Crippen LogP contribution in [0.1, 0.15) is 40.7 Å². The fraction of sp³-hybridized carbons (Fsp3) is 0.550. The van der Waals surface area contributed by atoms with Gasteiger partial charge in [-0.3, -0.25) is 24.6 Å². The molecule has 3 aliphatic heterocycles. The molecule has 1 aromatic carbocycles. The highest BCUT2D eigenvalue weighted by molar-refractivity contribution is 6.05. The Hall–Kier alpha value is -2.25. The lowest BCUT2D eigenvalue weighted by molar-refractivity contribution is -0.136. The summed E-state index contributed by atoms with van der Waals surface area (Å²) in [6.45, 7) is 3.48. The summed E-state index contributed by atoms with van der Waals surface area (Å²) in [5.74, 6) is 0.651. The number of hydrogen-bond acceptors (Lipinski definition) is 5. The van der Waals surface area contributed by atoms with E-state index < -0.39 is 6.04 Å². The van der Waals surface area contributed by atoms with Gasteiger partial charge in [0.1, 0.15) is 6.04 Å². The highest BCUT2D eigenvalue weighted by Gasteiger charge is 2.45. The topological polar surface area (TPSA) is 95.7 Å². The van der Waals surface area contributed by atoms with Crippen molar-refractivity contribution in [3.05, 3.63) is 34.9 Å². The van der Waals surface area contributed by atoms with Gasteiger partial charge in [-0.15, -0.1) is 0 Å². The SMILES string of the molecule is NC1CC2CN(Cc3ccc4c(c3)CN(C3CCC(=O)NC3=O)C4=O)CC12. The van der Waals surface area contributed by atoms with Gasteiger partial charge < -0.3 is 10.6 Å². The van der Waals surface area contributed by atoms with Crippen molar-refractivity contribution in [3.63, 3.8) is 0 Å². The van der Waals surface area contributed by atoms with E-state index in [1.165, 1.54) is 5.56 Å². The Bertz CT molecular complexity index is 839. The molecule has 3 N–H and O–H groups in total. The summed E-state index contributed by atoms with van der Waals surface area (Å²) in [4.78, 5) is 40.3. The van der Waals surface area contributed by atoms with E-state index in [9.17, 15) is 14.4 Å². The summed E-state index contributed by atoms with van der Waals surface area (Å²) in [6.07, 6.45) is 1.82. The lowest BCUT2D eigenvalue weighted by Gasteiger charge is -2.36. The van der Waals surface area contributed by atoms with E-state index in [1.807, 2.05) is 12.1 Å². The van der Waals surface area contributed by atoms with Crippen molar-refractivity contribution < 1.29 is 14.4 Å². The Kier molecular flexibility index (Phi) is 3.84. The van der Waals surface area contributed by atoms with Crippen molar-refractivity contribution >= 4 is 17.7 Å². The van der Waals surface area contributed by atoms with Gasteiger partial charge in [0.2, 0.25) is 11.8 Å². The van der Waals surface area contributed by atoms with E-state index in [0.717, 1.165) is 37.5 Å². The largest absolute Gasteiger partial charge is 0.327 e. The zero-order valence-electron chi connectivity index (χ0n) is 15.2. The van der Waals surface area contributed by atoms with Crippen LogP contribution in [0.5, 0.6) is 0 Å². The van der Waals surface area contributed by atoms with Crippen LogP contribution in [0.4, 0.5) is 0 Å². The van der Waals surface area contributed by atoms with Crippen LogP contribution in [0.3, 0.4) is 0 Å². The normalized spacial score (nSPS) is 32.9. The summed E-state index contributed by atoms with van der Waals surface area (Å²) < 4.78 is 0. The minimum atomic E-state index is -0.554. The van der Waals surface area contributed by atoms with E-state index in [1.54, 1.807) is 4.90 Å². The van der Waals surface area contributed by atoms with Gasteiger partial charge in [0.05, 0.1) is 0 Å². The second-order valence-corrected chi connectivity index (χ2v) is 8.41. The first kappa shape index (κ1) is 16.9. The van der Waals surface area contributed by atoms with Crippen LogP contribution in [0.2, 0.25) is 0 Å². The molecule has 0 spiro atoms. The second kappa shape index (κ2) is 6.14. The number of nitrogens with two attached hydrogens (primary N) is 1. The number of nitrogens with zero attached hydrogens (tertiary/aromatic N) is 2. The molecular formula is C20H24N4O3.